The first-order valence-corrected chi connectivity index (χ1v) is 10.8. The van der Waals surface area contributed by atoms with Gasteiger partial charge in [0.15, 0.2) is 9.84 Å². The number of sulfone groups is 1. The zero-order valence-corrected chi connectivity index (χ0v) is 14.8. The van der Waals surface area contributed by atoms with E-state index in [0.29, 0.717) is 5.56 Å². The molecule has 0 spiro atoms. The highest BCUT2D eigenvalue weighted by atomic mass is 32.2. The van der Waals surface area contributed by atoms with Crippen molar-refractivity contribution in [2.24, 2.45) is 5.73 Å². The zero-order valence-electron chi connectivity index (χ0n) is 13.2. The summed E-state index contributed by atoms with van der Waals surface area (Å²) in [6, 6.07) is 14.5. The normalized spacial score (nSPS) is 13.6. The largest absolute Gasteiger partial charge is 0.323 e. The molecular formula is C16H20N2O4S2. The Labute approximate surface area is 142 Å². The van der Waals surface area contributed by atoms with Gasteiger partial charge in [0.2, 0.25) is 10.0 Å². The van der Waals surface area contributed by atoms with E-state index in [9.17, 15) is 16.8 Å². The Morgan fingerprint density at radius 2 is 1.54 bits per heavy atom. The van der Waals surface area contributed by atoms with Crippen LogP contribution in [0.4, 0.5) is 0 Å². The molecule has 0 fully saturated rings. The van der Waals surface area contributed by atoms with Crippen molar-refractivity contribution in [1.29, 1.82) is 0 Å². The molecule has 3 N–H and O–H groups in total. The summed E-state index contributed by atoms with van der Waals surface area (Å²) in [7, 11) is -6.86. The second-order valence-corrected chi connectivity index (χ2v) is 9.49. The lowest BCUT2D eigenvalue weighted by atomic mass is 10.1. The van der Waals surface area contributed by atoms with Crippen LogP contribution in [0, 0.1) is 0 Å². The van der Waals surface area contributed by atoms with Crippen LogP contribution in [-0.2, 0) is 25.6 Å². The third kappa shape index (κ3) is 5.41. The lowest BCUT2D eigenvalue weighted by molar-refractivity contribution is 0.572. The van der Waals surface area contributed by atoms with E-state index in [1.54, 1.807) is 0 Å². The fraction of sp³-hybridized carbons (Fsp3) is 0.250. The first-order valence-electron chi connectivity index (χ1n) is 7.24. The summed E-state index contributed by atoms with van der Waals surface area (Å²) in [5.74, 6) is -0.125. The number of benzene rings is 2. The Balaban J connectivity index is 2.05. The monoisotopic (exact) mass is 368 g/mol. The van der Waals surface area contributed by atoms with Gasteiger partial charge in [0.25, 0.3) is 0 Å². The van der Waals surface area contributed by atoms with E-state index in [1.165, 1.54) is 24.3 Å². The van der Waals surface area contributed by atoms with Gasteiger partial charge in [0.1, 0.15) is 0 Å². The molecule has 24 heavy (non-hydrogen) atoms. The Hall–Kier alpha value is -1.74. The van der Waals surface area contributed by atoms with Crippen LogP contribution < -0.4 is 10.5 Å². The van der Waals surface area contributed by atoms with E-state index in [1.807, 2.05) is 30.3 Å². The van der Waals surface area contributed by atoms with Crippen molar-refractivity contribution in [3.8, 4) is 0 Å². The van der Waals surface area contributed by atoms with Crippen LogP contribution in [-0.4, -0.2) is 29.6 Å². The Kier molecular flexibility index (Phi) is 5.76. The maximum absolute atomic E-state index is 12.3. The van der Waals surface area contributed by atoms with Crippen molar-refractivity contribution in [1.82, 2.24) is 4.72 Å². The predicted octanol–water partition coefficient (Wildman–Crippen LogP) is 1.21. The molecule has 0 radical (unpaired) electrons. The number of hydrogen-bond donors (Lipinski definition) is 2. The smallest absolute Gasteiger partial charge is 0.240 e. The van der Waals surface area contributed by atoms with Crippen LogP contribution in [0.5, 0.6) is 0 Å². The van der Waals surface area contributed by atoms with E-state index >= 15 is 0 Å². The topological polar surface area (TPSA) is 106 Å². The molecule has 0 aliphatic rings. The van der Waals surface area contributed by atoms with Gasteiger partial charge in [0, 0.05) is 18.8 Å². The summed E-state index contributed by atoms with van der Waals surface area (Å²) < 4.78 is 49.5. The molecule has 2 aromatic carbocycles. The molecule has 8 heteroatoms. The Morgan fingerprint density at radius 3 is 2.08 bits per heavy atom. The van der Waals surface area contributed by atoms with E-state index < -0.39 is 25.9 Å². The second kappa shape index (κ2) is 7.43. The molecule has 130 valence electrons. The third-order valence-electron chi connectivity index (χ3n) is 3.38. The molecule has 0 amide bonds. The van der Waals surface area contributed by atoms with Gasteiger partial charge in [-0.3, -0.25) is 0 Å². The van der Waals surface area contributed by atoms with Crippen molar-refractivity contribution >= 4 is 19.9 Å². The van der Waals surface area contributed by atoms with Crippen molar-refractivity contribution in [2.45, 2.75) is 16.7 Å². The van der Waals surface area contributed by atoms with E-state index in [0.717, 1.165) is 11.8 Å². The highest BCUT2D eigenvalue weighted by Gasteiger charge is 2.16. The average Bonchev–Trinajstić information content (AvgIpc) is 2.52. The molecule has 0 heterocycles. The van der Waals surface area contributed by atoms with Gasteiger partial charge in [-0.1, -0.05) is 42.5 Å². The van der Waals surface area contributed by atoms with E-state index in [4.69, 9.17) is 5.73 Å². The van der Waals surface area contributed by atoms with Crippen LogP contribution in [0.3, 0.4) is 0 Å². The summed E-state index contributed by atoms with van der Waals surface area (Å²) >= 11 is 0. The molecule has 6 nitrogen and oxygen atoms in total. The summed E-state index contributed by atoms with van der Waals surface area (Å²) in [5.41, 5.74) is 7.36. The minimum absolute atomic E-state index is 0.0669. The lowest BCUT2D eigenvalue weighted by Gasteiger charge is -2.13. The maximum Gasteiger partial charge on any atom is 0.240 e. The molecule has 0 saturated carbocycles. The number of nitrogens with one attached hydrogen (secondary N) is 1. The van der Waals surface area contributed by atoms with Crippen LogP contribution >= 0.6 is 0 Å². The van der Waals surface area contributed by atoms with Crippen molar-refractivity contribution in [2.75, 3.05) is 12.8 Å². The van der Waals surface area contributed by atoms with Gasteiger partial charge in [-0.2, -0.15) is 0 Å². The van der Waals surface area contributed by atoms with Crippen LogP contribution in [0.15, 0.2) is 59.5 Å². The van der Waals surface area contributed by atoms with Gasteiger partial charge in [-0.05, 0) is 23.3 Å². The summed E-state index contributed by atoms with van der Waals surface area (Å²) in [6.07, 6.45) is 1.13. The number of hydrogen-bond acceptors (Lipinski definition) is 5. The summed E-state index contributed by atoms with van der Waals surface area (Å²) in [4.78, 5) is 0.0695. The standard InChI is InChI=1S/C16H20N2O4S2/c1-23(19,20)12-13-7-9-15(10-8-13)24(21,22)18-11-16(17)14-5-3-2-4-6-14/h2-10,16,18H,11-12,17H2,1H3. The van der Waals surface area contributed by atoms with Crippen LogP contribution in [0.25, 0.3) is 0 Å². The molecule has 0 aliphatic carbocycles. The molecule has 0 bridgehead atoms. The fourth-order valence-electron chi connectivity index (χ4n) is 2.17. The quantitative estimate of drug-likeness (QED) is 0.764. The minimum Gasteiger partial charge on any atom is -0.323 e. The number of nitrogens with two attached hydrogens (primary N) is 1. The molecule has 1 atom stereocenters. The van der Waals surface area contributed by atoms with Gasteiger partial charge < -0.3 is 5.73 Å². The first kappa shape index (κ1) is 18.6. The van der Waals surface area contributed by atoms with Crippen molar-refractivity contribution < 1.29 is 16.8 Å². The van der Waals surface area contributed by atoms with Gasteiger partial charge in [0.05, 0.1) is 10.6 Å². The maximum atomic E-state index is 12.3. The van der Waals surface area contributed by atoms with Gasteiger partial charge >= 0.3 is 0 Å². The second-order valence-electron chi connectivity index (χ2n) is 5.58. The molecule has 1 unspecified atom stereocenters. The molecule has 2 aromatic rings. The molecule has 0 aliphatic heterocycles. The van der Waals surface area contributed by atoms with Crippen LogP contribution in [0.2, 0.25) is 0 Å². The average molecular weight is 368 g/mol. The highest BCUT2D eigenvalue weighted by molar-refractivity contribution is 7.90. The van der Waals surface area contributed by atoms with E-state index in [-0.39, 0.29) is 17.2 Å². The molecular weight excluding hydrogens is 348 g/mol. The minimum atomic E-state index is -3.70. The number of sulfonamides is 1. The molecule has 2 rings (SSSR count). The van der Waals surface area contributed by atoms with Crippen molar-refractivity contribution in [3.63, 3.8) is 0 Å². The molecule has 0 aromatic heterocycles. The first-order chi connectivity index (χ1) is 11.2. The number of rotatable bonds is 7. The van der Waals surface area contributed by atoms with Crippen molar-refractivity contribution in [3.05, 3.63) is 65.7 Å². The third-order valence-corrected chi connectivity index (χ3v) is 5.68. The lowest BCUT2D eigenvalue weighted by Crippen LogP contribution is -2.32. The van der Waals surface area contributed by atoms with E-state index in [2.05, 4.69) is 4.72 Å². The van der Waals surface area contributed by atoms with Gasteiger partial charge in [-0.15, -0.1) is 0 Å². The Morgan fingerprint density at radius 1 is 0.958 bits per heavy atom. The van der Waals surface area contributed by atoms with Crippen LogP contribution in [0.1, 0.15) is 17.2 Å². The fourth-order valence-corrected chi connectivity index (χ4v) is 4.03. The molecule has 0 saturated heterocycles. The summed E-state index contributed by atoms with van der Waals surface area (Å²) in [5, 5.41) is 0. The highest BCUT2D eigenvalue weighted by Crippen LogP contribution is 2.14. The predicted molar refractivity (Wildman–Crippen MR) is 93.5 cm³/mol. The van der Waals surface area contributed by atoms with Gasteiger partial charge in [-0.25, -0.2) is 21.6 Å². The zero-order chi connectivity index (χ0) is 17.8. The Bertz CT molecular complexity index is 877. The summed E-state index contributed by atoms with van der Waals surface area (Å²) in [6.45, 7) is 0.0669. The SMILES string of the molecule is CS(=O)(=O)Cc1ccc(S(=O)(=O)NCC(N)c2ccccc2)cc1.